The summed E-state index contributed by atoms with van der Waals surface area (Å²) in [5.74, 6) is -2.91. The van der Waals surface area contributed by atoms with Crippen molar-refractivity contribution in [2.45, 2.75) is 12.5 Å². The van der Waals surface area contributed by atoms with Crippen LogP contribution in [0.2, 0.25) is 0 Å². The summed E-state index contributed by atoms with van der Waals surface area (Å²) in [6, 6.07) is 1.91. The Morgan fingerprint density at radius 3 is 2.82 bits per heavy atom. The molecule has 1 fully saturated rings. The number of primary amides is 1. The SMILES string of the molecule is NC(=O)c1ccc(F)c(F)c1NC1CCOC1. The topological polar surface area (TPSA) is 64.4 Å². The molecule has 0 aromatic heterocycles. The van der Waals surface area contributed by atoms with Crippen molar-refractivity contribution >= 4 is 11.6 Å². The van der Waals surface area contributed by atoms with E-state index in [1.54, 1.807) is 0 Å². The molecule has 1 aromatic carbocycles. The number of carbonyl (C=O) groups is 1. The first-order chi connectivity index (χ1) is 8.09. The average Bonchev–Trinajstić information content (AvgIpc) is 2.77. The van der Waals surface area contributed by atoms with Crippen LogP contribution in [0.3, 0.4) is 0 Å². The van der Waals surface area contributed by atoms with Crippen molar-refractivity contribution in [1.82, 2.24) is 0 Å². The van der Waals surface area contributed by atoms with Crippen LogP contribution in [-0.4, -0.2) is 25.2 Å². The maximum absolute atomic E-state index is 13.6. The minimum atomic E-state index is -1.09. The van der Waals surface area contributed by atoms with Crippen LogP contribution >= 0.6 is 0 Å². The summed E-state index contributed by atoms with van der Waals surface area (Å²) in [4.78, 5) is 11.1. The number of amides is 1. The summed E-state index contributed by atoms with van der Waals surface area (Å²) < 4.78 is 31.8. The number of halogens is 2. The standard InChI is InChI=1S/C11H12F2N2O2/c12-8-2-1-7(11(14)16)10(9(8)13)15-6-3-4-17-5-6/h1-2,6,15H,3-5H2,(H2,14,16). The van der Waals surface area contributed by atoms with Gasteiger partial charge < -0.3 is 15.8 Å². The zero-order valence-corrected chi connectivity index (χ0v) is 9.00. The monoisotopic (exact) mass is 242 g/mol. The third-order valence-electron chi connectivity index (χ3n) is 2.64. The highest BCUT2D eigenvalue weighted by atomic mass is 19.2. The van der Waals surface area contributed by atoms with E-state index in [1.165, 1.54) is 6.07 Å². The normalized spacial score (nSPS) is 19.3. The Morgan fingerprint density at radius 2 is 2.24 bits per heavy atom. The first-order valence-corrected chi connectivity index (χ1v) is 5.21. The van der Waals surface area contributed by atoms with Crippen LogP contribution in [-0.2, 0) is 4.74 Å². The third-order valence-corrected chi connectivity index (χ3v) is 2.64. The number of carbonyl (C=O) groups excluding carboxylic acids is 1. The smallest absolute Gasteiger partial charge is 0.250 e. The van der Waals surface area contributed by atoms with Crippen molar-refractivity contribution in [1.29, 1.82) is 0 Å². The van der Waals surface area contributed by atoms with E-state index in [0.717, 1.165) is 6.07 Å². The Balaban J connectivity index is 2.34. The highest BCUT2D eigenvalue weighted by Gasteiger charge is 2.22. The first kappa shape index (κ1) is 11.8. The Bertz CT molecular complexity index is 445. The van der Waals surface area contributed by atoms with Gasteiger partial charge in [0.15, 0.2) is 11.6 Å². The molecule has 0 bridgehead atoms. The molecule has 92 valence electrons. The average molecular weight is 242 g/mol. The van der Waals surface area contributed by atoms with Crippen molar-refractivity contribution in [3.8, 4) is 0 Å². The fraction of sp³-hybridized carbons (Fsp3) is 0.364. The van der Waals surface area contributed by atoms with Gasteiger partial charge in [-0.15, -0.1) is 0 Å². The molecule has 0 spiro atoms. The molecule has 1 amide bonds. The predicted molar refractivity (Wildman–Crippen MR) is 57.7 cm³/mol. The van der Waals surface area contributed by atoms with E-state index in [9.17, 15) is 13.6 Å². The van der Waals surface area contributed by atoms with E-state index in [4.69, 9.17) is 10.5 Å². The van der Waals surface area contributed by atoms with Crippen LogP contribution in [0, 0.1) is 11.6 Å². The van der Waals surface area contributed by atoms with Crippen molar-refractivity contribution in [3.05, 3.63) is 29.3 Å². The van der Waals surface area contributed by atoms with Gasteiger partial charge in [0, 0.05) is 6.61 Å². The second-order valence-electron chi connectivity index (χ2n) is 3.85. The predicted octanol–water partition coefficient (Wildman–Crippen LogP) is 1.26. The fourth-order valence-corrected chi connectivity index (χ4v) is 1.75. The Labute approximate surface area is 96.7 Å². The van der Waals surface area contributed by atoms with Crippen LogP contribution in [0.15, 0.2) is 12.1 Å². The molecule has 2 rings (SSSR count). The molecule has 0 radical (unpaired) electrons. The second kappa shape index (κ2) is 4.67. The molecular formula is C11H12F2N2O2. The number of anilines is 1. The number of nitrogens with two attached hydrogens (primary N) is 1. The molecule has 0 saturated carbocycles. The van der Waals surface area contributed by atoms with E-state index in [-0.39, 0.29) is 17.3 Å². The number of hydrogen-bond donors (Lipinski definition) is 2. The molecule has 1 aromatic rings. The zero-order valence-electron chi connectivity index (χ0n) is 9.00. The number of nitrogens with one attached hydrogen (secondary N) is 1. The second-order valence-corrected chi connectivity index (χ2v) is 3.85. The van der Waals surface area contributed by atoms with E-state index in [0.29, 0.717) is 19.6 Å². The number of rotatable bonds is 3. The molecule has 1 heterocycles. The largest absolute Gasteiger partial charge is 0.379 e. The van der Waals surface area contributed by atoms with Gasteiger partial charge in [-0.25, -0.2) is 8.78 Å². The van der Waals surface area contributed by atoms with Gasteiger partial charge in [-0.05, 0) is 18.6 Å². The molecule has 3 N–H and O–H groups in total. The lowest BCUT2D eigenvalue weighted by Crippen LogP contribution is -2.23. The highest BCUT2D eigenvalue weighted by molar-refractivity contribution is 5.98. The van der Waals surface area contributed by atoms with Crippen molar-refractivity contribution in [3.63, 3.8) is 0 Å². The molecule has 1 saturated heterocycles. The van der Waals surface area contributed by atoms with Gasteiger partial charge >= 0.3 is 0 Å². The van der Waals surface area contributed by atoms with Gasteiger partial charge in [0.2, 0.25) is 0 Å². The van der Waals surface area contributed by atoms with Gasteiger partial charge in [-0.3, -0.25) is 4.79 Å². The molecule has 1 unspecified atom stereocenters. The maximum atomic E-state index is 13.6. The van der Waals surface area contributed by atoms with Crippen molar-refractivity contribution in [2.75, 3.05) is 18.5 Å². The molecule has 0 aliphatic carbocycles. The van der Waals surface area contributed by atoms with Crippen molar-refractivity contribution in [2.24, 2.45) is 5.73 Å². The zero-order chi connectivity index (χ0) is 12.4. The molecule has 4 nitrogen and oxygen atoms in total. The summed E-state index contributed by atoms with van der Waals surface area (Å²) in [5, 5.41) is 2.76. The van der Waals surface area contributed by atoms with E-state index in [1.807, 2.05) is 0 Å². The van der Waals surface area contributed by atoms with Crippen LogP contribution in [0.25, 0.3) is 0 Å². The number of hydrogen-bond acceptors (Lipinski definition) is 3. The molecule has 1 atom stereocenters. The highest BCUT2D eigenvalue weighted by Crippen LogP contribution is 2.24. The number of ether oxygens (including phenoxy) is 1. The minimum absolute atomic E-state index is 0.0594. The molecule has 1 aliphatic rings. The lowest BCUT2D eigenvalue weighted by Gasteiger charge is -2.15. The summed E-state index contributed by atoms with van der Waals surface area (Å²) in [5.41, 5.74) is 4.86. The molecular weight excluding hydrogens is 230 g/mol. The van der Waals surface area contributed by atoms with Gasteiger partial charge in [-0.1, -0.05) is 0 Å². The van der Waals surface area contributed by atoms with Crippen LogP contribution in [0.4, 0.5) is 14.5 Å². The molecule has 1 aliphatic heterocycles. The molecule has 17 heavy (non-hydrogen) atoms. The third kappa shape index (κ3) is 2.36. The lowest BCUT2D eigenvalue weighted by atomic mass is 10.1. The lowest BCUT2D eigenvalue weighted by molar-refractivity contribution is 0.100. The van der Waals surface area contributed by atoms with Gasteiger partial charge in [0.1, 0.15) is 0 Å². The van der Waals surface area contributed by atoms with Crippen molar-refractivity contribution < 1.29 is 18.3 Å². The molecule has 6 heteroatoms. The van der Waals surface area contributed by atoms with E-state index >= 15 is 0 Å². The quantitative estimate of drug-likeness (QED) is 0.838. The minimum Gasteiger partial charge on any atom is -0.379 e. The Hall–Kier alpha value is -1.69. The summed E-state index contributed by atoms with van der Waals surface area (Å²) in [6.07, 6.45) is 0.675. The fourth-order valence-electron chi connectivity index (χ4n) is 1.75. The van der Waals surface area contributed by atoms with Crippen LogP contribution < -0.4 is 11.1 Å². The number of benzene rings is 1. The summed E-state index contributed by atoms with van der Waals surface area (Å²) >= 11 is 0. The van der Waals surface area contributed by atoms with Crippen LogP contribution in [0.1, 0.15) is 16.8 Å². The van der Waals surface area contributed by atoms with Gasteiger partial charge in [-0.2, -0.15) is 0 Å². The Morgan fingerprint density at radius 1 is 1.47 bits per heavy atom. The van der Waals surface area contributed by atoms with Gasteiger partial charge in [0.25, 0.3) is 5.91 Å². The van der Waals surface area contributed by atoms with Crippen LogP contribution in [0.5, 0.6) is 0 Å². The summed E-state index contributed by atoms with van der Waals surface area (Å²) in [6.45, 7) is 0.953. The Kier molecular flexibility index (Phi) is 3.23. The van der Waals surface area contributed by atoms with Gasteiger partial charge in [0.05, 0.1) is 23.9 Å². The maximum Gasteiger partial charge on any atom is 0.250 e. The van der Waals surface area contributed by atoms with E-state index in [2.05, 4.69) is 5.32 Å². The summed E-state index contributed by atoms with van der Waals surface area (Å²) in [7, 11) is 0. The first-order valence-electron chi connectivity index (χ1n) is 5.21. The van der Waals surface area contributed by atoms with E-state index < -0.39 is 17.5 Å².